The summed E-state index contributed by atoms with van der Waals surface area (Å²) in [7, 11) is 0. The highest BCUT2D eigenvalue weighted by atomic mass is 35.5. The van der Waals surface area contributed by atoms with Crippen molar-refractivity contribution < 1.29 is 14.7 Å². The standard InChI is InChI=1S/C22H25ClN2O3/c1-2-12-25(14-19(26)16-27-20-6-4-3-5-7-20)15-21-13-22(24-28-21)17-8-10-18(23)11-9-17/h2-11,19,21,26H,1,12-16H2/t19-,21-/m0/s1. The summed E-state index contributed by atoms with van der Waals surface area (Å²) in [5.41, 5.74) is 1.92. The third kappa shape index (κ3) is 6.09. The van der Waals surface area contributed by atoms with Crippen LogP contribution in [0.5, 0.6) is 5.75 Å². The topological polar surface area (TPSA) is 54.3 Å². The van der Waals surface area contributed by atoms with Crippen molar-refractivity contribution in [3.05, 3.63) is 77.8 Å². The minimum Gasteiger partial charge on any atom is -0.491 e. The van der Waals surface area contributed by atoms with Crippen molar-refractivity contribution in [2.75, 3.05) is 26.2 Å². The third-order valence-electron chi connectivity index (χ3n) is 4.41. The molecule has 0 aliphatic carbocycles. The van der Waals surface area contributed by atoms with Crippen LogP contribution in [-0.2, 0) is 4.84 Å². The van der Waals surface area contributed by atoms with Crippen LogP contribution in [0.1, 0.15) is 12.0 Å². The van der Waals surface area contributed by atoms with Crippen LogP contribution in [0.2, 0.25) is 5.02 Å². The summed E-state index contributed by atoms with van der Waals surface area (Å²) in [4.78, 5) is 7.70. The average molecular weight is 401 g/mol. The van der Waals surface area contributed by atoms with E-state index in [1.165, 1.54) is 0 Å². The molecule has 0 aromatic heterocycles. The first kappa shape index (κ1) is 20.4. The van der Waals surface area contributed by atoms with Crippen molar-refractivity contribution in [3.8, 4) is 5.75 Å². The van der Waals surface area contributed by atoms with E-state index in [4.69, 9.17) is 21.2 Å². The fourth-order valence-electron chi connectivity index (χ4n) is 3.09. The van der Waals surface area contributed by atoms with Crippen LogP contribution in [-0.4, -0.2) is 54.2 Å². The van der Waals surface area contributed by atoms with Gasteiger partial charge < -0.3 is 14.7 Å². The average Bonchev–Trinajstić information content (AvgIpc) is 3.16. The Morgan fingerprint density at radius 3 is 2.71 bits per heavy atom. The Morgan fingerprint density at radius 1 is 1.25 bits per heavy atom. The fourth-order valence-corrected chi connectivity index (χ4v) is 3.22. The summed E-state index contributed by atoms with van der Waals surface area (Å²) in [6, 6.07) is 17.1. The number of oxime groups is 1. The molecule has 3 rings (SSSR count). The zero-order chi connectivity index (χ0) is 19.8. The van der Waals surface area contributed by atoms with E-state index < -0.39 is 6.10 Å². The maximum Gasteiger partial charge on any atom is 0.145 e. The van der Waals surface area contributed by atoms with Gasteiger partial charge in [-0.25, -0.2) is 0 Å². The molecule has 1 N–H and O–H groups in total. The predicted octanol–water partition coefficient (Wildman–Crippen LogP) is 3.76. The Hall–Kier alpha value is -2.34. The summed E-state index contributed by atoms with van der Waals surface area (Å²) >= 11 is 5.94. The molecule has 0 unspecified atom stereocenters. The van der Waals surface area contributed by atoms with E-state index in [2.05, 4.69) is 16.6 Å². The van der Waals surface area contributed by atoms with Crippen LogP contribution in [0.15, 0.2) is 72.4 Å². The van der Waals surface area contributed by atoms with E-state index in [-0.39, 0.29) is 12.7 Å². The number of aliphatic hydroxyl groups is 1. The molecule has 0 bridgehead atoms. The van der Waals surface area contributed by atoms with Gasteiger partial charge in [0.25, 0.3) is 0 Å². The van der Waals surface area contributed by atoms with Gasteiger partial charge in [0.1, 0.15) is 24.6 Å². The lowest BCUT2D eigenvalue weighted by atomic mass is 10.0. The summed E-state index contributed by atoms with van der Waals surface area (Å²) < 4.78 is 5.63. The largest absolute Gasteiger partial charge is 0.491 e. The van der Waals surface area contributed by atoms with Gasteiger partial charge in [0, 0.05) is 31.1 Å². The highest BCUT2D eigenvalue weighted by Crippen LogP contribution is 2.19. The summed E-state index contributed by atoms with van der Waals surface area (Å²) in [6.07, 6.45) is 1.86. The Balaban J connectivity index is 1.48. The SMILES string of the molecule is C=CCN(C[C@H](O)COc1ccccc1)C[C@@H]1CC(c2ccc(Cl)cc2)=NO1. The van der Waals surface area contributed by atoms with Gasteiger partial charge >= 0.3 is 0 Å². The lowest BCUT2D eigenvalue weighted by Gasteiger charge is -2.25. The smallest absolute Gasteiger partial charge is 0.145 e. The summed E-state index contributed by atoms with van der Waals surface area (Å²) in [6.45, 7) is 5.81. The second-order valence-corrected chi connectivity index (χ2v) is 7.20. The van der Waals surface area contributed by atoms with E-state index in [1.807, 2.05) is 60.7 Å². The van der Waals surface area contributed by atoms with Crippen molar-refractivity contribution in [3.63, 3.8) is 0 Å². The van der Waals surface area contributed by atoms with Crippen LogP contribution < -0.4 is 4.74 Å². The molecule has 1 aliphatic rings. The number of hydrogen-bond donors (Lipinski definition) is 1. The van der Waals surface area contributed by atoms with Crippen molar-refractivity contribution in [1.29, 1.82) is 0 Å². The quantitative estimate of drug-likeness (QED) is 0.617. The molecule has 6 heteroatoms. The van der Waals surface area contributed by atoms with E-state index in [9.17, 15) is 5.11 Å². The number of rotatable bonds is 10. The van der Waals surface area contributed by atoms with E-state index in [1.54, 1.807) is 0 Å². The number of halogens is 1. The first-order valence-electron chi connectivity index (χ1n) is 9.32. The van der Waals surface area contributed by atoms with Gasteiger partial charge in [-0.05, 0) is 29.8 Å². The second-order valence-electron chi connectivity index (χ2n) is 6.76. The highest BCUT2D eigenvalue weighted by molar-refractivity contribution is 6.30. The molecule has 28 heavy (non-hydrogen) atoms. The molecule has 2 atom stereocenters. The van der Waals surface area contributed by atoms with Crippen molar-refractivity contribution >= 4 is 17.3 Å². The van der Waals surface area contributed by atoms with Crippen LogP contribution in [0.4, 0.5) is 0 Å². The number of nitrogens with zero attached hydrogens (tertiary/aromatic N) is 2. The maximum absolute atomic E-state index is 10.4. The Kier molecular flexibility index (Phi) is 7.48. The molecule has 0 fully saturated rings. The maximum atomic E-state index is 10.4. The first-order chi connectivity index (χ1) is 13.6. The molecular weight excluding hydrogens is 376 g/mol. The zero-order valence-corrected chi connectivity index (χ0v) is 16.5. The van der Waals surface area contributed by atoms with Gasteiger partial charge in [-0.15, -0.1) is 6.58 Å². The Labute approximate surface area is 170 Å². The Bertz CT molecular complexity index is 780. The number of para-hydroxylation sites is 1. The molecule has 2 aromatic rings. The Morgan fingerprint density at radius 2 is 2.00 bits per heavy atom. The monoisotopic (exact) mass is 400 g/mol. The molecule has 2 aromatic carbocycles. The molecule has 1 aliphatic heterocycles. The summed E-state index contributed by atoms with van der Waals surface area (Å²) in [5.74, 6) is 0.747. The fraction of sp³-hybridized carbons (Fsp3) is 0.318. The predicted molar refractivity (Wildman–Crippen MR) is 112 cm³/mol. The molecule has 5 nitrogen and oxygen atoms in total. The lowest BCUT2D eigenvalue weighted by molar-refractivity contribution is 0.0283. The zero-order valence-electron chi connectivity index (χ0n) is 15.7. The minimum atomic E-state index is -0.613. The van der Waals surface area contributed by atoms with Gasteiger partial charge in [0.2, 0.25) is 0 Å². The normalized spacial score (nSPS) is 17.1. The molecule has 0 spiro atoms. The van der Waals surface area contributed by atoms with Crippen molar-refractivity contribution in [2.45, 2.75) is 18.6 Å². The molecule has 1 heterocycles. The minimum absolute atomic E-state index is 0.0622. The lowest BCUT2D eigenvalue weighted by Crippen LogP contribution is -2.40. The third-order valence-corrected chi connectivity index (χ3v) is 4.67. The van der Waals surface area contributed by atoms with Gasteiger partial charge in [0.05, 0.1) is 5.71 Å². The van der Waals surface area contributed by atoms with E-state index >= 15 is 0 Å². The van der Waals surface area contributed by atoms with E-state index in [0.29, 0.717) is 31.1 Å². The second kappa shape index (κ2) is 10.3. The molecule has 0 radical (unpaired) electrons. The molecular formula is C22H25ClN2O3. The summed E-state index contributed by atoms with van der Waals surface area (Å²) in [5, 5.41) is 15.3. The van der Waals surface area contributed by atoms with Gasteiger partial charge in [-0.1, -0.05) is 53.2 Å². The first-order valence-corrected chi connectivity index (χ1v) is 9.69. The van der Waals surface area contributed by atoms with Crippen LogP contribution >= 0.6 is 11.6 Å². The van der Waals surface area contributed by atoms with Crippen molar-refractivity contribution in [2.24, 2.45) is 5.16 Å². The number of hydrogen-bond acceptors (Lipinski definition) is 5. The number of aliphatic hydroxyl groups excluding tert-OH is 1. The van der Waals surface area contributed by atoms with Crippen LogP contribution in [0.3, 0.4) is 0 Å². The molecule has 0 saturated carbocycles. The number of benzene rings is 2. The molecule has 0 amide bonds. The van der Waals surface area contributed by atoms with Gasteiger partial charge in [0.15, 0.2) is 0 Å². The van der Waals surface area contributed by atoms with E-state index in [0.717, 1.165) is 17.0 Å². The van der Waals surface area contributed by atoms with Crippen molar-refractivity contribution in [1.82, 2.24) is 4.90 Å². The van der Waals surface area contributed by atoms with Gasteiger partial charge in [-0.3, -0.25) is 4.90 Å². The number of ether oxygens (including phenoxy) is 1. The molecule has 148 valence electrons. The molecule has 0 saturated heterocycles. The van der Waals surface area contributed by atoms with Crippen LogP contribution in [0.25, 0.3) is 0 Å². The van der Waals surface area contributed by atoms with Crippen LogP contribution in [0, 0.1) is 0 Å². The van der Waals surface area contributed by atoms with Gasteiger partial charge in [-0.2, -0.15) is 0 Å². The highest BCUT2D eigenvalue weighted by Gasteiger charge is 2.25.